The molecule has 0 aliphatic rings. The minimum absolute atomic E-state index is 0.00816. The van der Waals surface area contributed by atoms with E-state index in [9.17, 15) is 23.6 Å². The van der Waals surface area contributed by atoms with Crippen LogP contribution in [0.5, 0.6) is 0 Å². The van der Waals surface area contributed by atoms with Gasteiger partial charge in [0.25, 0.3) is 11.5 Å². The molecule has 0 saturated heterocycles. The molecule has 0 aliphatic carbocycles. The normalized spacial score (nSPS) is 12.1. The van der Waals surface area contributed by atoms with Crippen molar-refractivity contribution in [1.82, 2.24) is 24.3 Å². The van der Waals surface area contributed by atoms with E-state index in [0.29, 0.717) is 28.9 Å². The van der Waals surface area contributed by atoms with Crippen LogP contribution < -0.4 is 10.9 Å². The van der Waals surface area contributed by atoms with E-state index < -0.39 is 29.5 Å². The molecule has 3 amide bonds. The van der Waals surface area contributed by atoms with Crippen LogP contribution in [0.3, 0.4) is 0 Å². The van der Waals surface area contributed by atoms with Crippen LogP contribution in [0.4, 0.5) is 14.9 Å². The number of fused-ring (bicyclic) bond motifs is 1. The first-order chi connectivity index (χ1) is 19.4. The number of nitrogens with zero attached hydrogens (tertiary/aromatic N) is 4. The van der Waals surface area contributed by atoms with Gasteiger partial charge in [0.05, 0.1) is 24.0 Å². The number of likely N-dealkylation sites (N-methyl/N-ethyl adjacent to an activating group) is 1. The zero-order valence-electron chi connectivity index (χ0n) is 24.2. The Labute approximate surface area is 238 Å². The van der Waals surface area contributed by atoms with Crippen molar-refractivity contribution in [2.24, 2.45) is 5.92 Å². The van der Waals surface area contributed by atoms with Gasteiger partial charge in [-0.05, 0) is 49.5 Å². The van der Waals surface area contributed by atoms with Crippen molar-refractivity contribution in [3.8, 4) is 0 Å². The van der Waals surface area contributed by atoms with E-state index in [-0.39, 0.29) is 31.0 Å². The van der Waals surface area contributed by atoms with Crippen molar-refractivity contribution >= 4 is 34.5 Å². The molecule has 0 radical (unpaired) electrons. The Morgan fingerprint density at radius 3 is 2.59 bits per heavy atom. The summed E-state index contributed by atoms with van der Waals surface area (Å²) in [5.74, 6) is -1.03. The monoisotopic (exact) mass is 568 g/mol. The lowest BCUT2D eigenvalue weighted by Crippen LogP contribution is -2.37. The number of nitrogens with one attached hydrogen (secondary N) is 2. The second kappa shape index (κ2) is 13.7. The largest absolute Gasteiger partial charge is 0.436 e. The van der Waals surface area contributed by atoms with Crippen molar-refractivity contribution < 1.29 is 23.5 Å². The Hall–Kier alpha value is -4.48. The minimum atomic E-state index is -1.21. The average Bonchev–Trinajstić information content (AvgIpc) is 3.34. The number of anilines is 1. The molecule has 0 fully saturated rings. The van der Waals surface area contributed by atoms with E-state index in [4.69, 9.17) is 4.74 Å². The van der Waals surface area contributed by atoms with Gasteiger partial charge < -0.3 is 29.4 Å². The van der Waals surface area contributed by atoms with Crippen LogP contribution in [0.25, 0.3) is 10.9 Å². The Morgan fingerprint density at radius 2 is 1.93 bits per heavy atom. The number of pyridine rings is 2. The SMILES string of the molecule is CC(C)Cc1ncc(F)c2cc(Cn3cccc(NC(=O)[C@H](CC/C=C/C(=O)N(C)C)OC(=O)N(C)C)c3=O)[nH]c12. The lowest BCUT2D eigenvalue weighted by Gasteiger charge is -2.19. The summed E-state index contributed by atoms with van der Waals surface area (Å²) in [5, 5.41) is 2.97. The second-order valence-corrected chi connectivity index (χ2v) is 10.6. The third-order valence-corrected chi connectivity index (χ3v) is 6.17. The van der Waals surface area contributed by atoms with E-state index in [2.05, 4.69) is 29.1 Å². The minimum Gasteiger partial charge on any atom is -0.436 e. The third kappa shape index (κ3) is 8.26. The summed E-state index contributed by atoms with van der Waals surface area (Å²) in [6.45, 7) is 4.20. The summed E-state index contributed by atoms with van der Waals surface area (Å²) in [4.78, 5) is 60.3. The standard InChI is InChI=1S/C29H37FN6O5/c1-18(2)14-23-26-20(21(30)16-31-23)15-19(32-26)17-36-13-9-10-22(28(36)39)33-27(38)24(41-29(40)35(5)6)11-7-8-12-25(37)34(3)4/h8-10,12-13,15-16,18,24,32H,7,11,14,17H2,1-6H3,(H,33,38)/b12-8+/t24-/m0/s1. The topological polar surface area (TPSA) is 130 Å². The first kappa shape index (κ1) is 31.1. The summed E-state index contributed by atoms with van der Waals surface area (Å²) < 4.78 is 21.2. The van der Waals surface area contributed by atoms with Crippen molar-refractivity contribution in [3.63, 3.8) is 0 Å². The van der Waals surface area contributed by atoms with E-state index in [1.165, 1.54) is 46.8 Å². The van der Waals surface area contributed by atoms with E-state index in [1.54, 1.807) is 38.5 Å². The Balaban J connectivity index is 1.80. The van der Waals surface area contributed by atoms with Crippen molar-refractivity contribution in [2.75, 3.05) is 33.5 Å². The number of hydrogen-bond donors (Lipinski definition) is 2. The zero-order chi connectivity index (χ0) is 30.3. The molecule has 0 unspecified atom stereocenters. The van der Waals surface area contributed by atoms with Gasteiger partial charge in [-0.15, -0.1) is 0 Å². The van der Waals surface area contributed by atoms with Crippen LogP contribution in [0, 0.1) is 11.7 Å². The molecule has 0 saturated carbocycles. The fraction of sp³-hybridized carbons (Fsp3) is 0.414. The van der Waals surface area contributed by atoms with Gasteiger partial charge in [-0.2, -0.15) is 0 Å². The molecule has 41 heavy (non-hydrogen) atoms. The third-order valence-electron chi connectivity index (χ3n) is 6.17. The fourth-order valence-electron chi connectivity index (χ4n) is 4.03. The molecular weight excluding hydrogens is 531 g/mol. The van der Waals surface area contributed by atoms with Crippen molar-refractivity contribution in [2.45, 2.75) is 45.8 Å². The maximum atomic E-state index is 14.5. The number of ether oxygens (including phenoxy) is 1. The maximum Gasteiger partial charge on any atom is 0.410 e. The van der Waals surface area contributed by atoms with Crippen LogP contribution in [0.15, 0.2) is 47.5 Å². The second-order valence-electron chi connectivity index (χ2n) is 10.6. The molecule has 1 atom stereocenters. The van der Waals surface area contributed by atoms with Crippen LogP contribution >= 0.6 is 0 Å². The molecule has 0 bridgehead atoms. The molecule has 3 heterocycles. The van der Waals surface area contributed by atoms with Crippen LogP contribution in [-0.4, -0.2) is 76.5 Å². The number of allylic oxidation sites excluding steroid dienone is 1. The highest BCUT2D eigenvalue weighted by atomic mass is 19.1. The summed E-state index contributed by atoms with van der Waals surface area (Å²) in [7, 11) is 6.21. The molecule has 3 aromatic heterocycles. The highest BCUT2D eigenvalue weighted by Gasteiger charge is 2.24. The number of aromatic amines is 1. The summed E-state index contributed by atoms with van der Waals surface area (Å²) in [5.41, 5.74) is 1.44. The van der Waals surface area contributed by atoms with Gasteiger partial charge in [0.2, 0.25) is 5.91 Å². The predicted octanol–water partition coefficient (Wildman–Crippen LogP) is 3.54. The summed E-state index contributed by atoms with van der Waals surface area (Å²) in [6, 6.07) is 4.70. The number of rotatable bonds is 11. The Bertz CT molecular complexity index is 1490. The van der Waals surface area contributed by atoms with Gasteiger partial charge in [0.1, 0.15) is 5.69 Å². The predicted molar refractivity (Wildman–Crippen MR) is 154 cm³/mol. The van der Waals surface area contributed by atoms with E-state index in [1.807, 2.05) is 0 Å². The fourth-order valence-corrected chi connectivity index (χ4v) is 4.03. The van der Waals surface area contributed by atoms with Crippen molar-refractivity contribution in [3.05, 3.63) is 70.3 Å². The van der Waals surface area contributed by atoms with Crippen molar-refractivity contribution in [1.29, 1.82) is 0 Å². The van der Waals surface area contributed by atoms with Crippen LogP contribution in [0.1, 0.15) is 38.1 Å². The van der Waals surface area contributed by atoms with Crippen LogP contribution in [-0.2, 0) is 27.3 Å². The maximum absolute atomic E-state index is 14.5. The molecular formula is C29H37FN6O5. The van der Waals surface area contributed by atoms with E-state index >= 15 is 0 Å². The number of carbonyl (C=O) groups excluding carboxylic acids is 3. The van der Waals surface area contributed by atoms with Gasteiger partial charge >= 0.3 is 6.09 Å². The number of carbonyl (C=O) groups is 3. The molecule has 11 nitrogen and oxygen atoms in total. The molecule has 12 heteroatoms. The molecule has 3 aromatic rings. The Morgan fingerprint density at radius 1 is 1.20 bits per heavy atom. The number of halogens is 1. The Kier molecular flexibility index (Phi) is 10.4. The molecule has 220 valence electrons. The average molecular weight is 569 g/mol. The smallest absolute Gasteiger partial charge is 0.410 e. The zero-order valence-corrected chi connectivity index (χ0v) is 24.2. The molecule has 0 aromatic carbocycles. The first-order valence-electron chi connectivity index (χ1n) is 13.3. The lowest BCUT2D eigenvalue weighted by molar-refractivity contribution is -0.125. The quantitative estimate of drug-likeness (QED) is 0.341. The highest BCUT2D eigenvalue weighted by Crippen LogP contribution is 2.23. The van der Waals surface area contributed by atoms with Gasteiger partial charge in [-0.1, -0.05) is 19.9 Å². The van der Waals surface area contributed by atoms with E-state index in [0.717, 1.165) is 5.69 Å². The number of hydrogen-bond acceptors (Lipinski definition) is 6. The molecule has 3 rings (SSSR count). The highest BCUT2D eigenvalue weighted by molar-refractivity contribution is 5.95. The van der Waals surface area contributed by atoms with Gasteiger partial charge in [0, 0.05) is 45.5 Å². The molecule has 0 spiro atoms. The summed E-state index contributed by atoms with van der Waals surface area (Å²) in [6.07, 6.45) is 4.84. The molecule has 2 N–H and O–H groups in total. The first-order valence-corrected chi connectivity index (χ1v) is 13.3. The van der Waals surface area contributed by atoms with Gasteiger partial charge in [0.15, 0.2) is 11.9 Å². The lowest BCUT2D eigenvalue weighted by atomic mass is 10.1. The number of H-pyrrole nitrogens is 1. The van der Waals surface area contributed by atoms with Gasteiger partial charge in [-0.3, -0.25) is 19.4 Å². The van der Waals surface area contributed by atoms with Crippen LogP contribution in [0.2, 0.25) is 0 Å². The number of amides is 3. The number of aromatic nitrogens is 3. The summed E-state index contributed by atoms with van der Waals surface area (Å²) >= 11 is 0. The van der Waals surface area contributed by atoms with Gasteiger partial charge in [-0.25, -0.2) is 9.18 Å². The molecule has 0 aliphatic heterocycles.